The second kappa shape index (κ2) is 6.76. The lowest BCUT2D eigenvalue weighted by Gasteiger charge is -2.43. The van der Waals surface area contributed by atoms with Crippen molar-refractivity contribution in [3.63, 3.8) is 0 Å². The van der Waals surface area contributed by atoms with E-state index in [0.717, 1.165) is 18.7 Å². The molecule has 0 aromatic rings. The summed E-state index contributed by atoms with van der Waals surface area (Å²) in [5.41, 5.74) is 0.262. The number of hydrogen-bond acceptors (Lipinski definition) is 3. The van der Waals surface area contributed by atoms with Crippen molar-refractivity contribution in [3.05, 3.63) is 0 Å². The Kier molecular flexibility index (Phi) is 5.00. The Balaban J connectivity index is 1.60. The number of nitrogens with one attached hydrogen (secondary N) is 1. The van der Waals surface area contributed by atoms with Gasteiger partial charge in [0.15, 0.2) is 0 Å². The molecule has 2 aliphatic heterocycles. The van der Waals surface area contributed by atoms with Crippen LogP contribution in [0.25, 0.3) is 0 Å². The first-order valence-electron chi connectivity index (χ1n) is 8.93. The Morgan fingerprint density at radius 1 is 1.20 bits per heavy atom. The molecule has 3 aliphatic rings. The van der Waals surface area contributed by atoms with E-state index < -0.39 is 0 Å². The third-order valence-electron chi connectivity index (χ3n) is 5.63. The SMILES string of the molecule is CCCN(CC1CCCN1)C1CCOC2(CCCC2)C1. The summed E-state index contributed by atoms with van der Waals surface area (Å²) in [4.78, 5) is 2.78. The fourth-order valence-corrected chi connectivity index (χ4v) is 4.59. The molecule has 1 saturated carbocycles. The van der Waals surface area contributed by atoms with E-state index in [1.54, 1.807) is 0 Å². The maximum Gasteiger partial charge on any atom is 0.0697 e. The molecule has 0 bridgehead atoms. The van der Waals surface area contributed by atoms with Crippen LogP contribution in [0.15, 0.2) is 0 Å². The highest BCUT2D eigenvalue weighted by Gasteiger charge is 2.41. The molecular weight excluding hydrogens is 248 g/mol. The average molecular weight is 280 g/mol. The van der Waals surface area contributed by atoms with E-state index in [-0.39, 0.29) is 5.60 Å². The topological polar surface area (TPSA) is 24.5 Å². The van der Waals surface area contributed by atoms with Crippen LogP contribution in [0.4, 0.5) is 0 Å². The maximum atomic E-state index is 6.21. The zero-order valence-corrected chi connectivity index (χ0v) is 13.2. The van der Waals surface area contributed by atoms with Crippen LogP contribution in [0, 0.1) is 0 Å². The van der Waals surface area contributed by atoms with Gasteiger partial charge in [0.2, 0.25) is 0 Å². The van der Waals surface area contributed by atoms with Crippen molar-refractivity contribution in [1.82, 2.24) is 10.2 Å². The second-order valence-electron chi connectivity index (χ2n) is 7.17. The first kappa shape index (κ1) is 14.8. The third kappa shape index (κ3) is 3.37. The monoisotopic (exact) mass is 280 g/mol. The summed E-state index contributed by atoms with van der Waals surface area (Å²) in [6.07, 6.45) is 11.9. The normalized spacial score (nSPS) is 33.3. The first-order chi connectivity index (χ1) is 9.81. The Morgan fingerprint density at radius 2 is 2.05 bits per heavy atom. The van der Waals surface area contributed by atoms with Crippen molar-refractivity contribution < 1.29 is 4.74 Å². The van der Waals surface area contributed by atoms with Gasteiger partial charge in [0.05, 0.1) is 5.60 Å². The summed E-state index contributed by atoms with van der Waals surface area (Å²) in [5, 5.41) is 3.67. The van der Waals surface area contributed by atoms with Crippen LogP contribution in [0.3, 0.4) is 0 Å². The molecule has 20 heavy (non-hydrogen) atoms. The summed E-state index contributed by atoms with van der Waals surface area (Å²) in [6, 6.07) is 1.51. The quantitative estimate of drug-likeness (QED) is 0.838. The standard InChI is InChI=1S/C17H32N2O/c1-2-11-19(14-15-6-5-10-18-15)16-7-12-20-17(13-16)8-3-4-9-17/h15-16,18H,2-14H2,1H3. The van der Waals surface area contributed by atoms with E-state index in [0.29, 0.717) is 0 Å². The van der Waals surface area contributed by atoms with Crippen molar-refractivity contribution in [2.45, 2.75) is 82.4 Å². The molecule has 0 amide bonds. The van der Waals surface area contributed by atoms with Gasteiger partial charge in [0, 0.05) is 25.2 Å². The molecule has 116 valence electrons. The van der Waals surface area contributed by atoms with Gasteiger partial charge in [-0.05, 0) is 58.0 Å². The predicted molar refractivity (Wildman–Crippen MR) is 83.1 cm³/mol. The highest BCUT2D eigenvalue weighted by atomic mass is 16.5. The highest BCUT2D eigenvalue weighted by Crippen LogP contribution is 2.41. The predicted octanol–water partition coefficient (Wildman–Crippen LogP) is 2.94. The molecule has 0 aromatic carbocycles. The Labute approximate surface area is 124 Å². The van der Waals surface area contributed by atoms with Gasteiger partial charge >= 0.3 is 0 Å². The van der Waals surface area contributed by atoms with Crippen molar-refractivity contribution in [2.24, 2.45) is 0 Å². The molecule has 3 nitrogen and oxygen atoms in total. The smallest absolute Gasteiger partial charge is 0.0697 e. The van der Waals surface area contributed by atoms with Crippen LogP contribution in [-0.4, -0.2) is 48.8 Å². The minimum atomic E-state index is 0.262. The van der Waals surface area contributed by atoms with Crippen molar-refractivity contribution in [3.8, 4) is 0 Å². The van der Waals surface area contributed by atoms with E-state index in [9.17, 15) is 0 Å². The van der Waals surface area contributed by atoms with Crippen molar-refractivity contribution in [1.29, 1.82) is 0 Å². The number of hydrogen-bond donors (Lipinski definition) is 1. The molecule has 3 rings (SSSR count). The fourth-order valence-electron chi connectivity index (χ4n) is 4.59. The Bertz CT molecular complexity index is 293. The van der Waals surface area contributed by atoms with Gasteiger partial charge in [-0.2, -0.15) is 0 Å². The van der Waals surface area contributed by atoms with E-state index in [4.69, 9.17) is 4.74 Å². The van der Waals surface area contributed by atoms with Gasteiger partial charge in [-0.1, -0.05) is 19.8 Å². The maximum absolute atomic E-state index is 6.21. The largest absolute Gasteiger partial charge is 0.375 e. The van der Waals surface area contributed by atoms with Crippen LogP contribution >= 0.6 is 0 Å². The van der Waals surface area contributed by atoms with E-state index in [1.165, 1.54) is 77.4 Å². The van der Waals surface area contributed by atoms with E-state index in [1.807, 2.05) is 0 Å². The van der Waals surface area contributed by atoms with E-state index in [2.05, 4.69) is 17.1 Å². The van der Waals surface area contributed by atoms with Gasteiger partial charge in [-0.25, -0.2) is 0 Å². The zero-order valence-electron chi connectivity index (χ0n) is 13.2. The van der Waals surface area contributed by atoms with Crippen LogP contribution in [0.1, 0.15) is 64.7 Å². The summed E-state index contributed by atoms with van der Waals surface area (Å²) >= 11 is 0. The molecule has 3 fully saturated rings. The number of rotatable bonds is 5. The van der Waals surface area contributed by atoms with Crippen LogP contribution in [0.2, 0.25) is 0 Å². The van der Waals surface area contributed by atoms with Gasteiger partial charge in [0.25, 0.3) is 0 Å². The van der Waals surface area contributed by atoms with Crippen LogP contribution in [0.5, 0.6) is 0 Å². The summed E-state index contributed by atoms with van der Waals surface area (Å²) in [7, 11) is 0. The molecule has 0 aromatic heterocycles. The molecule has 1 N–H and O–H groups in total. The fraction of sp³-hybridized carbons (Fsp3) is 1.00. The minimum absolute atomic E-state index is 0.262. The molecule has 2 atom stereocenters. The summed E-state index contributed by atoms with van der Waals surface area (Å²) in [5.74, 6) is 0. The molecule has 1 aliphatic carbocycles. The van der Waals surface area contributed by atoms with Gasteiger partial charge in [-0.15, -0.1) is 0 Å². The summed E-state index contributed by atoms with van der Waals surface area (Å²) in [6.45, 7) is 7.05. The Hall–Kier alpha value is -0.120. The Morgan fingerprint density at radius 3 is 2.75 bits per heavy atom. The van der Waals surface area contributed by atoms with Crippen molar-refractivity contribution in [2.75, 3.05) is 26.2 Å². The lowest BCUT2D eigenvalue weighted by molar-refractivity contribution is -0.102. The number of ether oxygens (including phenoxy) is 1. The summed E-state index contributed by atoms with van der Waals surface area (Å²) < 4.78 is 6.21. The minimum Gasteiger partial charge on any atom is -0.375 e. The number of nitrogens with zero attached hydrogens (tertiary/aromatic N) is 1. The molecule has 3 heteroatoms. The molecule has 0 radical (unpaired) electrons. The first-order valence-corrected chi connectivity index (χ1v) is 8.93. The van der Waals surface area contributed by atoms with Gasteiger partial charge in [0.1, 0.15) is 0 Å². The van der Waals surface area contributed by atoms with E-state index >= 15 is 0 Å². The van der Waals surface area contributed by atoms with Gasteiger partial charge < -0.3 is 10.1 Å². The van der Waals surface area contributed by atoms with Gasteiger partial charge in [-0.3, -0.25) is 4.90 Å². The highest BCUT2D eigenvalue weighted by molar-refractivity contribution is 4.95. The molecule has 1 spiro atoms. The third-order valence-corrected chi connectivity index (χ3v) is 5.63. The molecule has 2 heterocycles. The molecule has 2 unspecified atom stereocenters. The lowest BCUT2D eigenvalue weighted by atomic mass is 9.88. The van der Waals surface area contributed by atoms with Crippen LogP contribution in [-0.2, 0) is 4.74 Å². The molecular formula is C17H32N2O. The van der Waals surface area contributed by atoms with Crippen molar-refractivity contribution >= 4 is 0 Å². The second-order valence-corrected chi connectivity index (χ2v) is 7.17. The zero-order chi connectivity index (χ0) is 13.8. The molecule has 2 saturated heterocycles. The van der Waals surface area contributed by atoms with Crippen LogP contribution < -0.4 is 5.32 Å². The lowest BCUT2D eigenvalue weighted by Crippen LogP contribution is -2.50. The average Bonchev–Trinajstić information content (AvgIpc) is 3.11.